The summed E-state index contributed by atoms with van der Waals surface area (Å²) in [4.78, 5) is 15.6. The van der Waals surface area contributed by atoms with E-state index in [9.17, 15) is 9.18 Å². The quantitative estimate of drug-likeness (QED) is 0.772. The van der Waals surface area contributed by atoms with Crippen LogP contribution in [0.4, 0.5) is 4.39 Å². The summed E-state index contributed by atoms with van der Waals surface area (Å²) in [7, 11) is 0. The van der Waals surface area contributed by atoms with Crippen molar-refractivity contribution < 1.29 is 4.39 Å². The first-order valence-corrected chi connectivity index (χ1v) is 4.59. The second kappa shape index (κ2) is 3.78. The van der Waals surface area contributed by atoms with E-state index >= 15 is 0 Å². The number of aromatic nitrogens is 2. The zero-order chi connectivity index (χ0) is 10.8. The molecule has 0 unspecified atom stereocenters. The molecule has 5 heteroatoms. The van der Waals surface area contributed by atoms with Crippen LogP contribution < -0.4 is 11.3 Å². The first-order chi connectivity index (χ1) is 7.22. The van der Waals surface area contributed by atoms with Gasteiger partial charge >= 0.3 is 0 Å². The topological polar surface area (TPSA) is 60.4 Å². The van der Waals surface area contributed by atoms with Gasteiger partial charge in [0.1, 0.15) is 0 Å². The SMILES string of the molecule is NCCc1cc(=O)n2cccc(F)c2n1. The Bertz CT molecular complexity index is 550. The fourth-order valence-electron chi connectivity index (χ4n) is 1.42. The number of rotatable bonds is 2. The normalized spacial score (nSPS) is 10.8. The molecule has 0 aliphatic rings. The van der Waals surface area contributed by atoms with Gasteiger partial charge in [-0.3, -0.25) is 9.20 Å². The molecule has 0 amide bonds. The molecule has 0 fully saturated rings. The van der Waals surface area contributed by atoms with E-state index in [2.05, 4.69) is 4.98 Å². The molecule has 0 spiro atoms. The number of halogens is 1. The highest BCUT2D eigenvalue weighted by atomic mass is 19.1. The van der Waals surface area contributed by atoms with Crippen LogP contribution in [-0.4, -0.2) is 15.9 Å². The smallest absolute Gasteiger partial charge is 0.258 e. The van der Waals surface area contributed by atoms with Gasteiger partial charge in [-0.2, -0.15) is 0 Å². The highest BCUT2D eigenvalue weighted by Gasteiger charge is 2.05. The van der Waals surface area contributed by atoms with Crippen LogP contribution in [0.1, 0.15) is 5.69 Å². The van der Waals surface area contributed by atoms with Crippen molar-refractivity contribution in [2.45, 2.75) is 6.42 Å². The first kappa shape index (κ1) is 9.79. The van der Waals surface area contributed by atoms with Crippen molar-refractivity contribution >= 4 is 5.65 Å². The molecule has 4 nitrogen and oxygen atoms in total. The Morgan fingerprint density at radius 3 is 3.07 bits per heavy atom. The van der Waals surface area contributed by atoms with E-state index in [0.29, 0.717) is 18.7 Å². The van der Waals surface area contributed by atoms with Crippen molar-refractivity contribution in [3.8, 4) is 0 Å². The molecule has 2 heterocycles. The number of nitrogens with two attached hydrogens (primary N) is 1. The van der Waals surface area contributed by atoms with Gasteiger partial charge in [0.2, 0.25) is 0 Å². The van der Waals surface area contributed by atoms with Gasteiger partial charge in [-0.25, -0.2) is 9.37 Å². The fraction of sp³-hybridized carbons (Fsp3) is 0.200. The van der Waals surface area contributed by atoms with Gasteiger partial charge in [0.15, 0.2) is 11.5 Å². The van der Waals surface area contributed by atoms with Gasteiger partial charge in [-0.1, -0.05) is 0 Å². The van der Waals surface area contributed by atoms with Crippen LogP contribution in [0.15, 0.2) is 29.2 Å². The number of pyridine rings is 1. The molecule has 15 heavy (non-hydrogen) atoms. The van der Waals surface area contributed by atoms with Crippen molar-refractivity contribution in [3.63, 3.8) is 0 Å². The Morgan fingerprint density at radius 1 is 1.53 bits per heavy atom. The molecule has 2 N–H and O–H groups in total. The average molecular weight is 207 g/mol. The number of nitrogens with zero attached hydrogens (tertiary/aromatic N) is 2. The molecule has 0 aliphatic heterocycles. The summed E-state index contributed by atoms with van der Waals surface area (Å²) in [6.45, 7) is 0.386. The Hall–Kier alpha value is -1.75. The minimum atomic E-state index is -0.506. The van der Waals surface area contributed by atoms with Crippen molar-refractivity contribution in [2.75, 3.05) is 6.54 Å². The minimum Gasteiger partial charge on any atom is -0.330 e. The van der Waals surface area contributed by atoms with Gasteiger partial charge in [0.05, 0.1) is 0 Å². The van der Waals surface area contributed by atoms with Crippen LogP contribution in [0.2, 0.25) is 0 Å². The number of fused-ring (bicyclic) bond motifs is 1. The maximum atomic E-state index is 13.3. The van der Waals surface area contributed by atoms with Crippen molar-refractivity contribution in [2.24, 2.45) is 5.73 Å². The van der Waals surface area contributed by atoms with Gasteiger partial charge in [0, 0.05) is 24.4 Å². The van der Waals surface area contributed by atoms with Crippen LogP contribution >= 0.6 is 0 Å². The highest BCUT2D eigenvalue weighted by molar-refractivity contribution is 5.40. The van der Waals surface area contributed by atoms with Crippen LogP contribution in [0.25, 0.3) is 5.65 Å². The summed E-state index contributed by atoms with van der Waals surface area (Å²) >= 11 is 0. The molecular weight excluding hydrogens is 197 g/mol. The van der Waals surface area contributed by atoms with E-state index in [4.69, 9.17) is 5.73 Å². The summed E-state index contributed by atoms with van der Waals surface area (Å²) in [5.41, 5.74) is 5.63. The van der Waals surface area contributed by atoms with Crippen LogP contribution in [-0.2, 0) is 6.42 Å². The molecule has 2 aromatic heterocycles. The van der Waals surface area contributed by atoms with Gasteiger partial charge < -0.3 is 5.73 Å². The van der Waals surface area contributed by atoms with Crippen molar-refractivity contribution in [3.05, 3.63) is 46.3 Å². The zero-order valence-electron chi connectivity index (χ0n) is 7.98. The molecule has 0 bridgehead atoms. The maximum absolute atomic E-state index is 13.3. The lowest BCUT2D eigenvalue weighted by atomic mass is 10.3. The molecule has 0 atom stereocenters. The summed E-state index contributed by atoms with van der Waals surface area (Å²) < 4.78 is 14.5. The van der Waals surface area contributed by atoms with Crippen LogP contribution in [0, 0.1) is 5.82 Å². The van der Waals surface area contributed by atoms with Crippen LogP contribution in [0.5, 0.6) is 0 Å². The van der Waals surface area contributed by atoms with E-state index < -0.39 is 5.82 Å². The third-order valence-corrected chi connectivity index (χ3v) is 2.10. The van der Waals surface area contributed by atoms with Crippen LogP contribution in [0.3, 0.4) is 0 Å². The molecule has 0 aliphatic carbocycles. The Balaban J connectivity index is 2.74. The fourth-order valence-corrected chi connectivity index (χ4v) is 1.42. The van der Waals surface area contributed by atoms with Gasteiger partial charge in [0.25, 0.3) is 5.56 Å². The highest BCUT2D eigenvalue weighted by Crippen LogP contribution is 2.04. The number of hydrogen-bond acceptors (Lipinski definition) is 3. The van der Waals surface area contributed by atoms with E-state index in [1.165, 1.54) is 28.8 Å². The third-order valence-electron chi connectivity index (χ3n) is 2.10. The Kier molecular flexibility index (Phi) is 2.47. The Morgan fingerprint density at radius 2 is 2.33 bits per heavy atom. The molecule has 78 valence electrons. The summed E-state index contributed by atoms with van der Waals surface area (Å²) in [6.07, 6.45) is 1.96. The molecule has 0 aromatic carbocycles. The van der Waals surface area contributed by atoms with E-state index in [-0.39, 0.29) is 11.2 Å². The molecule has 2 aromatic rings. The van der Waals surface area contributed by atoms with Gasteiger partial charge in [-0.05, 0) is 18.7 Å². The molecular formula is C10H10FN3O. The summed E-state index contributed by atoms with van der Waals surface area (Å²) in [5, 5.41) is 0. The largest absolute Gasteiger partial charge is 0.330 e. The second-order valence-corrected chi connectivity index (χ2v) is 3.17. The van der Waals surface area contributed by atoms with E-state index in [1.54, 1.807) is 0 Å². The molecule has 2 rings (SSSR count). The summed E-state index contributed by atoms with van der Waals surface area (Å²) in [5.74, 6) is -0.506. The maximum Gasteiger partial charge on any atom is 0.258 e. The summed E-state index contributed by atoms with van der Waals surface area (Å²) in [6, 6.07) is 4.11. The average Bonchev–Trinajstić information content (AvgIpc) is 2.20. The zero-order valence-corrected chi connectivity index (χ0v) is 7.98. The van der Waals surface area contributed by atoms with Gasteiger partial charge in [-0.15, -0.1) is 0 Å². The number of hydrogen-bond donors (Lipinski definition) is 1. The monoisotopic (exact) mass is 207 g/mol. The van der Waals surface area contributed by atoms with E-state index in [0.717, 1.165) is 0 Å². The molecule has 0 radical (unpaired) electrons. The van der Waals surface area contributed by atoms with Crippen molar-refractivity contribution in [1.29, 1.82) is 0 Å². The lowest BCUT2D eigenvalue weighted by Crippen LogP contribution is -2.17. The molecule has 0 saturated carbocycles. The first-order valence-electron chi connectivity index (χ1n) is 4.59. The second-order valence-electron chi connectivity index (χ2n) is 3.17. The minimum absolute atomic E-state index is 0.0495. The molecule has 0 saturated heterocycles. The van der Waals surface area contributed by atoms with E-state index in [1.807, 2.05) is 0 Å². The predicted octanol–water partition coefficient (Wildman–Crippen LogP) is 0.335. The lowest BCUT2D eigenvalue weighted by molar-refractivity contribution is 0.625. The predicted molar refractivity (Wildman–Crippen MR) is 54.2 cm³/mol. The standard InChI is InChI=1S/C10H10FN3O/c11-8-2-1-5-14-9(15)6-7(3-4-12)13-10(8)14/h1-2,5-6H,3-4,12H2. The lowest BCUT2D eigenvalue weighted by Gasteiger charge is -2.03. The Labute approximate surface area is 85.2 Å². The van der Waals surface area contributed by atoms with Crippen molar-refractivity contribution in [1.82, 2.24) is 9.38 Å². The third kappa shape index (κ3) is 1.73.